The van der Waals surface area contributed by atoms with E-state index in [0.717, 1.165) is 24.1 Å². The molecule has 2 rings (SSSR count). The van der Waals surface area contributed by atoms with E-state index in [-0.39, 0.29) is 9.52 Å². The standard InChI is InChI=1S/C13H22O2Si/c1-2-5-12(6-3-1)8-10-14-11-16-13-7-4-9-15-13/h4,7,9,12H,1-3,5-6,8,10-11,16H2. The van der Waals surface area contributed by atoms with E-state index < -0.39 is 0 Å². The fraction of sp³-hybridized carbons (Fsp3) is 0.692. The number of rotatable bonds is 6. The van der Waals surface area contributed by atoms with Crippen molar-refractivity contribution in [3.8, 4) is 0 Å². The Morgan fingerprint density at radius 1 is 1.31 bits per heavy atom. The zero-order valence-electron chi connectivity index (χ0n) is 9.99. The van der Waals surface area contributed by atoms with Crippen molar-refractivity contribution in [2.24, 2.45) is 5.92 Å². The van der Waals surface area contributed by atoms with Crippen LogP contribution < -0.4 is 5.38 Å². The van der Waals surface area contributed by atoms with Crippen LogP contribution in [0, 0.1) is 5.92 Å². The first kappa shape index (κ1) is 11.9. The van der Waals surface area contributed by atoms with E-state index in [0.29, 0.717) is 0 Å². The molecule has 0 atom stereocenters. The second kappa shape index (κ2) is 6.92. The molecule has 0 amide bonds. The van der Waals surface area contributed by atoms with Gasteiger partial charge in [0.1, 0.15) is 9.52 Å². The quantitative estimate of drug-likeness (QED) is 0.559. The van der Waals surface area contributed by atoms with Gasteiger partial charge in [-0.3, -0.25) is 0 Å². The van der Waals surface area contributed by atoms with E-state index in [1.165, 1.54) is 38.5 Å². The molecule has 1 aliphatic carbocycles. The van der Waals surface area contributed by atoms with E-state index in [1.54, 1.807) is 6.26 Å². The molecule has 0 N–H and O–H groups in total. The van der Waals surface area contributed by atoms with Crippen molar-refractivity contribution >= 4 is 14.9 Å². The lowest BCUT2D eigenvalue weighted by atomic mass is 9.87. The first-order valence-electron chi connectivity index (χ1n) is 6.55. The Morgan fingerprint density at radius 2 is 2.19 bits per heavy atom. The predicted octanol–water partition coefficient (Wildman–Crippen LogP) is 2.02. The summed E-state index contributed by atoms with van der Waals surface area (Å²) in [5, 5.41) is 1.16. The maximum atomic E-state index is 5.71. The van der Waals surface area contributed by atoms with Gasteiger partial charge in [-0.15, -0.1) is 0 Å². The topological polar surface area (TPSA) is 22.4 Å². The van der Waals surface area contributed by atoms with Crippen molar-refractivity contribution in [1.29, 1.82) is 0 Å². The fourth-order valence-corrected chi connectivity index (χ4v) is 3.52. The van der Waals surface area contributed by atoms with Crippen LogP contribution in [0.5, 0.6) is 0 Å². The summed E-state index contributed by atoms with van der Waals surface area (Å²) in [5.74, 6) is 0.944. The molecule has 0 radical (unpaired) electrons. The molecule has 1 saturated carbocycles. The Bertz CT molecular complexity index is 265. The van der Waals surface area contributed by atoms with Gasteiger partial charge < -0.3 is 9.15 Å². The molecular formula is C13H22O2Si. The van der Waals surface area contributed by atoms with E-state index in [4.69, 9.17) is 9.15 Å². The summed E-state index contributed by atoms with van der Waals surface area (Å²) in [7, 11) is -0.307. The molecule has 0 aromatic carbocycles. The van der Waals surface area contributed by atoms with Crippen LogP contribution in [0.3, 0.4) is 0 Å². The zero-order chi connectivity index (χ0) is 11.1. The van der Waals surface area contributed by atoms with Crippen molar-refractivity contribution in [2.75, 3.05) is 12.8 Å². The van der Waals surface area contributed by atoms with Crippen molar-refractivity contribution in [1.82, 2.24) is 0 Å². The molecule has 3 heteroatoms. The summed E-state index contributed by atoms with van der Waals surface area (Å²) in [6.45, 7) is 0.957. The number of furan rings is 1. The highest BCUT2D eigenvalue weighted by atomic mass is 28.2. The molecule has 90 valence electrons. The van der Waals surface area contributed by atoms with Gasteiger partial charge in [0, 0.05) is 12.8 Å². The third kappa shape index (κ3) is 4.14. The van der Waals surface area contributed by atoms with Crippen LogP contribution in [0.1, 0.15) is 38.5 Å². The molecule has 0 bridgehead atoms. The number of ether oxygens (including phenoxy) is 1. The van der Waals surface area contributed by atoms with Crippen LogP contribution in [0.4, 0.5) is 0 Å². The third-order valence-corrected chi connectivity index (χ3v) is 4.86. The van der Waals surface area contributed by atoms with Crippen LogP contribution in [0.2, 0.25) is 0 Å². The Kier molecular flexibility index (Phi) is 5.16. The predicted molar refractivity (Wildman–Crippen MR) is 68.9 cm³/mol. The molecule has 0 saturated heterocycles. The van der Waals surface area contributed by atoms with Crippen LogP contribution in [-0.2, 0) is 4.74 Å². The summed E-state index contributed by atoms with van der Waals surface area (Å²) in [4.78, 5) is 0. The summed E-state index contributed by atoms with van der Waals surface area (Å²) in [6, 6.07) is 4.03. The molecule has 1 aromatic heterocycles. The SMILES string of the molecule is c1coc([SiH2]COCCC2CCCCC2)c1. The van der Waals surface area contributed by atoms with Crippen molar-refractivity contribution in [3.63, 3.8) is 0 Å². The monoisotopic (exact) mass is 238 g/mol. The van der Waals surface area contributed by atoms with Gasteiger partial charge in [0.2, 0.25) is 0 Å². The number of hydrogen-bond acceptors (Lipinski definition) is 2. The third-order valence-electron chi connectivity index (χ3n) is 3.47. The van der Waals surface area contributed by atoms with Gasteiger partial charge in [-0.1, -0.05) is 32.1 Å². The van der Waals surface area contributed by atoms with Crippen LogP contribution in [0.15, 0.2) is 22.8 Å². The van der Waals surface area contributed by atoms with E-state index >= 15 is 0 Å². The highest BCUT2D eigenvalue weighted by Crippen LogP contribution is 2.25. The van der Waals surface area contributed by atoms with Crippen molar-refractivity contribution in [3.05, 3.63) is 18.4 Å². The van der Waals surface area contributed by atoms with Gasteiger partial charge in [-0.2, -0.15) is 0 Å². The molecule has 1 fully saturated rings. The summed E-state index contributed by atoms with van der Waals surface area (Å²) >= 11 is 0. The lowest BCUT2D eigenvalue weighted by Crippen LogP contribution is -2.19. The van der Waals surface area contributed by atoms with Gasteiger partial charge in [-0.25, -0.2) is 0 Å². The van der Waals surface area contributed by atoms with Crippen LogP contribution in [-0.4, -0.2) is 22.4 Å². The average molecular weight is 238 g/mol. The van der Waals surface area contributed by atoms with Crippen LogP contribution >= 0.6 is 0 Å². The van der Waals surface area contributed by atoms with Gasteiger partial charge >= 0.3 is 0 Å². The Morgan fingerprint density at radius 3 is 2.94 bits per heavy atom. The smallest absolute Gasteiger partial charge is 0.129 e. The molecule has 0 unspecified atom stereocenters. The highest BCUT2D eigenvalue weighted by Gasteiger charge is 2.12. The first-order valence-corrected chi connectivity index (χ1v) is 8.26. The molecule has 1 heterocycles. The fourth-order valence-electron chi connectivity index (χ4n) is 2.46. The molecule has 1 aliphatic rings. The Labute approximate surface area is 100 Å². The zero-order valence-corrected chi connectivity index (χ0v) is 11.4. The lowest BCUT2D eigenvalue weighted by Gasteiger charge is -2.21. The molecule has 0 aliphatic heterocycles. The highest BCUT2D eigenvalue weighted by molar-refractivity contribution is 6.51. The minimum atomic E-state index is -0.307. The summed E-state index contributed by atoms with van der Waals surface area (Å²) < 4.78 is 11.0. The normalized spacial score (nSPS) is 18.5. The van der Waals surface area contributed by atoms with E-state index in [2.05, 4.69) is 6.07 Å². The second-order valence-corrected chi connectivity index (χ2v) is 6.34. The van der Waals surface area contributed by atoms with Gasteiger partial charge in [0.05, 0.1) is 11.6 Å². The summed E-state index contributed by atoms with van der Waals surface area (Å²) in [5.41, 5.74) is 0. The molecular weight excluding hydrogens is 216 g/mol. The largest absolute Gasteiger partial charge is 0.475 e. The Hall–Kier alpha value is -0.543. The molecule has 16 heavy (non-hydrogen) atoms. The van der Waals surface area contributed by atoms with Gasteiger partial charge in [0.15, 0.2) is 0 Å². The molecule has 1 aromatic rings. The van der Waals surface area contributed by atoms with E-state index in [1.807, 2.05) is 6.07 Å². The van der Waals surface area contributed by atoms with Gasteiger partial charge in [-0.05, 0) is 24.5 Å². The Balaban J connectivity index is 1.48. The van der Waals surface area contributed by atoms with Gasteiger partial charge in [0.25, 0.3) is 0 Å². The summed E-state index contributed by atoms with van der Waals surface area (Å²) in [6.07, 6.45) is 11.1. The maximum absolute atomic E-state index is 5.71. The molecule has 0 spiro atoms. The first-order chi connectivity index (χ1) is 7.95. The van der Waals surface area contributed by atoms with E-state index in [9.17, 15) is 0 Å². The lowest BCUT2D eigenvalue weighted by molar-refractivity contribution is 0.149. The van der Waals surface area contributed by atoms with Crippen molar-refractivity contribution < 1.29 is 9.15 Å². The second-order valence-electron chi connectivity index (χ2n) is 4.73. The minimum Gasteiger partial charge on any atom is -0.475 e. The minimum absolute atomic E-state index is 0.307. The number of hydrogen-bond donors (Lipinski definition) is 0. The van der Waals surface area contributed by atoms with Crippen LogP contribution in [0.25, 0.3) is 0 Å². The average Bonchev–Trinajstić information content (AvgIpc) is 2.83. The maximum Gasteiger partial charge on any atom is 0.129 e. The molecule has 2 nitrogen and oxygen atoms in total. The van der Waals surface area contributed by atoms with Crippen molar-refractivity contribution in [2.45, 2.75) is 38.5 Å².